The number of rotatable bonds is 4. The molecule has 5 nitrogen and oxygen atoms in total. The van der Waals surface area contributed by atoms with Gasteiger partial charge in [-0.2, -0.15) is 0 Å². The van der Waals surface area contributed by atoms with Crippen LogP contribution in [0, 0.1) is 5.41 Å². The average molecular weight is 254 g/mol. The third-order valence-corrected chi connectivity index (χ3v) is 2.85. The van der Waals surface area contributed by atoms with Gasteiger partial charge in [0.25, 0.3) is 0 Å². The number of methoxy groups -OCH3 is 1. The predicted molar refractivity (Wildman–Crippen MR) is 68.7 cm³/mol. The van der Waals surface area contributed by atoms with E-state index in [4.69, 9.17) is 4.74 Å². The number of hydrogen-bond acceptors (Lipinski definition) is 4. The molecule has 2 N–H and O–H groups in total. The lowest BCUT2D eigenvalue weighted by Gasteiger charge is -2.23. The summed E-state index contributed by atoms with van der Waals surface area (Å²) in [4.78, 5) is 22.5. The second-order valence-corrected chi connectivity index (χ2v) is 5.43. The van der Waals surface area contributed by atoms with Gasteiger partial charge in [-0.05, 0) is 12.5 Å². The summed E-state index contributed by atoms with van der Waals surface area (Å²) in [6.07, 6.45) is 2.88. The maximum Gasteiger partial charge on any atom is 0.243 e. The fourth-order valence-electron chi connectivity index (χ4n) is 1.88. The summed E-state index contributed by atoms with van der Waals surface area (Å²) in [6, 6.07) is -0.294. The van der Waals surface area contributed by atoms with Crippen molar-refractivity contribution in [1.29, 1.82) is 0 Å². The zero-order chi connectivity index (χ0) is 13.8. The lowest BCUT2D eigenvalue weighted by Crippen LogP contribution is -2.50. The topological polar surface area (TPSA) is 67.4 Å². The van der Waals surface area contributed by atoms with E-state index in [2.05, 4.69) is 31.4 Å². The first-order chi connectivity index (χ1) is 8.34. The number of allylic oxidation sites excluding steroid dienone is 1. The van der Waals surface area contributed by atoms with Crippen molar-refractivity contribution in [1.82, 2.24) is 10.6 Å². The summed E-state index contributed by atoms with van der Waals surface area (Å²) in [5.41, 5.74) is -0.0543. The summed E-state index contributed by atoms with van der Waals surface area (Å²) in [6.45, 7) is 6.74. The van der Waals surface area contributed by atoms with Crippen molar-refractivity contribution in [2.45, 2.75) is 39.7 Å². The quantitative estimate of drug-likeness (QED) is 0.579. The number of carbonyl (C=O) groups is 2. The molecule has 1 rings (SSSR count). The van der Waals surface area contributed by atoms with E-state index in [1.165, 1.54) is 0 Å². The number of hydrogen-bond donors (Lipinski definition) is 2. The number of ether oxygens (including phenoxy) is 1. The number of amides is 2. The van der Waals surface area contributed by atoms with E-state index in [0.717, 1.165) is 5.76 Å². The zero-order valence-electron chi connectivity index (χ0n) is 11.5. The molecule has 0 aromatic heterocycles. The lowest BCUT2D eigenvalue weighted by atomic mass is 9.93. The van der Waals surface area contributed by atoms with Gasteiger partial charge in [-0.25, -0.2) is 0 Å². The standard InChI is InChI=1S/C13H22N2O3/c1-13(2,3)10(18-4)7-8-14-9-5-6-11(16)15-12(9)17/h7,9,14H,5-6,8H2,1-4H3,(H,15,16,17)/b10-7-. The molecule has 1 aliphatic heterocycles. The highest BCUT2D eigenvalue weighted by Gasteiger charge is 2.25. The van der Waals surface area contributed by atoms with Crippen LogP contribution >= 0.6 is 0 Å². The first-order valence-electron chi connectivity index (χ1n) is 6.16. The second-order valence-electron chi connectivity index (χ2n) is 5.43. The molecular formula is C13H22N2O3. The van der Waals surface area contributed by atoms with E-state index in [1.54, 1.807) is 7.11 Å². The van der Waals surface area contributed by atoms with E-state index < -0.39 is 0 Å². The Morgan fingerprint density at radius 1 is 1.50 bits per heavy atom. The van der Waals surface area contributed by atoms with Crippen LogP contribution in [0.4, 0.5) is 0 Å². The lowest BCUT2D eigenvalue weighted by molar-refractivity contribution is -0.134. The third-order valence-electron chi connectivity index (χ3n) is 2.85. The van der Waals surface area contributed by atoms with Gasteiger partial charge in [0.2, 0.25) is 11.8 Å². The predicted octanol–water partition coefficient (Wildman–Crippen LogP) is 0.958. The molecule has 0 aliphatic carbocycles. The van der Waals surface area contributed by atoms with Crippen LogP contribution in [0.1, 0.15) is 33.6 Å². The summed E-state index contributed by atoms with van der Waals surface area (Å²) in [7, 11) is 1.64. The van der Waals surface area contributed by atoms with Gasteiger partial charge in [-0.1, -0.05) is 20.8 Å². The Kier molecular flexibility index (Phi) is 4.90. The first-order valence-corrected chi connectivity index (χ1v) is 6.16. The molecule has 1 atom stereocenters. The fraction of sp³-hybridized carbons (Fsp3) is 0.692. The van der Waals surface area contributed by atoms with E-state index in [0.29, 0.717) is 19.4 Å². The molecule has 102 valence electrons. The average Bonchev–Trinajstić information content (AvgIpc) is 2.25. The van der Waals surface area contributed by atoms with Gasteiger partial charge in [-0.15, -0.1) is 0 Å². The highest BCUT2D eigenvalue weighted by molar-refractivity contribution is 6.00. The Hall–Kier alpha value is -1.36. The number of nitrogens with one attached hydrogen (secondary N) is 2. The van der Waals surface area contributed by atoms with Crippen LogP contribution in [-0.2, 0) is 14.3 Å². The van der Waals surface area contributed by atoms with Gasteiger partial charge in [0.05, 0.1) is 18.9 Å². The Balaban J connectivity index is 2.48. The highest BCUT2D eigenvalue weighted by atomic mass is 16.5. The van der Waals surface area contributed by atoms with E-state index in [1.807, 2.05) is 6.08 Å². The minimum Gasteiger partial charge on any atom is -0.501 e. The summed E-state index contributed by atoms with van der Waals surface area (Å²) >= 11 is 0. The van der Waals surface area contributed by atoms with Gasteiger partial charge in [0.1, 0.15) is 0 Å². The number of imide groups is 1. The summed E-state index contributed by atoms with van der Waals surface area (Å²) in [5, 5.41) is 5.43. The summed E-state index contributed by atoms with van der Waals surface area (Å²) < 4.78 is 5.31. The van der Waals surface area contributed by atoms with Crippen molar-refractivity contribution in [3.63, 3.8) is 0 Å². The van der Waals surface area contributed by atoms with Gasteiger partial charge < -0.3 is 10.1 Å². The Morgan fingerprint density at radius 2 is 2.17 bits per heavy atom. The maximum absolute atomic E-state index is 11.5. The molecule has 0 bridgehead atoms. The molecule has 1 aliphatic rings. The molecule has 0 aromatic carbocycles. The van der Waals surface area contributed by atoms with Crippen molar-refractivity contribution >= 4 is 11.8 Å². The first kappa shape index (κ1) is 14.7. The number of carbonyl (C=O) groups excluding carboxylic acids is 2. The molecule has 0 aromatic rings. The minimum atomic E-state index is -0.294. The third kappa shape index (κ3) is 4.14. The van der Waals surface area contributed by atoms with Crippen LogP contribution in [0.5, 0.6) is 0 Å². The van der Waals surface area contributed by atoms with E-state index in [-0.39, 0.29) is 23.3 Å². The second kappa shape index (κ2) is 6.00. The molecular weight excluding hydrogens is 232 g/mol. The Labute approximate surface area is 108 Å². The maximum atomic E-state index is 11.5. The molecule has 0 radical (unpaired) electrons. The Morgan fingerprint density at radius 3 is 2.67 bits per heavy atom. The normalized spacial score (nSPS) is 21.8. The van der Waals surface area contributed by atoms with Crippen LogP contribution < -0.4 is 10.6 Å². The molecule has 0 spiro atoms. The van der Waals surface area contributed by atoms with Gasteiger partial charge in [-0.3, -0.25) is 14.9 Å². The summed E-state index contributed by atoms with van der Waals surface area (Å²) in [5.74, 6) is 0.442. The molecule has 1 heterocycles. The van der Waals surface area contributed by atoms with Crippen molar-refractivity contribution < 1.29 is 14.3 Å². The Bertz CT molecular complexity index is 356. The molecule has 2 amide bonds. The van der Waals surface area contributed by atoms with Crippen LogP contribution in [0.25, 0.3) is 0 Å². The van der Waals surface area contributed by atoms with Crippen LogP contribution in [0.3, 0.4) is 0 Å². The molecule has 5 heteroatoms. The van der Waals surface area contributed by atoms with Crippen molar-refractivity contribution in [2.75, 3.05) is 13.7 Å². The van der Waals surface area contributed by atoms with E-state index >= 15 is 0 Å². The zero-order valence-corrected chi connectivity index (χ0v) is 11.5. The van der Waals surface area contributed by atoms with Crippen molar-refractivity contribution in [3.8, 4) is 0 Å². The number of piperidine rings is 1. The van der Waals surface area contributed by atoms with E-state index in [9.17, 15) is 9.59 Å². The van der Waals surface area contributed by atoms with Crippen molar-refractivity contribution in [3.05, 3.63) is 11.8 Å². The van der Waals surface area contributed by atoms with Gasteiger partial charge >= 0.3 is 0 Å². The van der Waals surface area contributed by atoms with Gasteiger partial charge in [0.15, 0.2) is 0 Å². The molecule has 1 unspecified atom stereocenters. The highest BCUT2D eigenvalue weighted by Crippen LogP contribution is 2.24. The molecule has 1 saturated heterocycles. The van der Waals surface area contributed by atoms with Crippen molar-refractivity contribution in [2.24, 2.45) is 5.41 Å². The van der Waals surface area contributed by atoms with Crippen LogP contribution in [0.2, 0.25) is 0 Å². The monoisotopic (exact) mass is 254 g/mol. The van der Waals surface area contributed by atoms with Crippen LogP contribution in [-0.4, -0.2) is 31.5 Å². The van der Waals surface area contributed by atoms with Gasteiger partial charge in [0, 0.05) is 18.4 Å². The molecule has 1 fully saturated rings. The molecule has 18 heavy (non-hydrogen) atoms. The fourth-order valence-corrected chi connectivity index (χ4v) is 1.88. The smallest absolute Gasteiger partial charge is 0.243 e. The minimum absolute atomic E-state index is 0.0543. The molecule has 0 saturated carbocycles. The van der Waals surface area contributed by atoms with Crippen LogP contribution in [0.15, 0.2) is 11.8 Å². The largest absolute Gasteiger partial charge is 0.501 e. The SMILES string of the molecule is CO/C(=C\CNC1CCC(=O)NC1=O)C(C)(C)C.